The Bertz CT molecular complexity index is 356. The van der Waals surface area contributed by atoms with E-state index in [1.54, 1.807) is 0 Å². The monoisotopic (exact) mass is 215 g/mol. The first-order valence-corrected chi connectivity index (χ1v) is 4.15. The number of hydrogen-bond donors (Lipinski definition) is 1. The number of methoxy groups -OCH3 is 1. The van der Waals surface area contributed by atoms with Gasteiger partial charge in [0.2, 0.25) is 0 Å². The van der Waals surface area contributed by atoms with E-state index in [-0.39, 0.29) is 12.4 Å². The fourth-order valence-electron chi connectivity index (χ4n) is 0.900. The van der Waals surface area contributed by atoms with Crippen LogP contribution in [-0.4, -0.2) is 36.4 Å². The zero-order valence-corrected chi connectivity index (χ0v) is 8.07. The van der Waals surface area contributed by atoms with Crippen LogP contribution in [0.25, 0.3) is 0 Å². The summed E-state index contributed by atoms with van der Waals surface area (Å²) >= 11 is 0. The molecule has 0 unspecified atom stereocenters. The molecule has 1 rings (SSSR count). The lowest BCUT2D eigenvalue weighted by Crippen LogP contribution is -2.07. The molecule has 82 valence electrons. The van der Waals surface area contributed by atoms with Gasteiger partial charge in [-0.3, -0.25) is 0 Å². The van der Waals surface area contributed by atoms with Gasteiger partial charge in [-0.2, -0.15) is 0 Å². The number of carboxylic acids is 1. The molecule has 0 amide bonds. The standard InChI is InChI=1S/C9H10FNO4/c1-14-2-3-15-6-4-7(10)8(9(12)13)11-5-6/h4-5H,2-3H2,1H3,(H,12,13). The first-order valence-electron chi connectivity index (χ1n) is 4.15. The number of nitrogens with zero attached hydrogens (tertiary/aromatic N) is 1. The van der Waals surface area contributed by atoms with Gasteiger partial charge in [0.15, 0.2) is 11.5 Å². The van der Waals surface area contributed by atoms with Crippen LogP contribution in [-0.2, 0) is 4.74 Å². The number of ether oxygens (including phenoxy) is 2. The van der Waals surface area contributed by atoms with Crippen LogP contribution in [0.4, 0.5) is 4.39 Å². The van der Waals surface area contributed by atoms with Crippen molar-refractivity contribution in [3.63, 3.8) is 0 Å². The van der Waals surface area contributed by atoms with Crippen LogP contribution in [0.15, 0.2) is 12.3 Å². The van der Waals surface area contributed by atoms with Crippen molar-refractivity contribution in [2.45, 2.75) is 0 Å². The Hall–Kier alpha value is -1.69. The maximum atomic E-state index is 13.1. The van der Waals surface area contributed by atoms with Gasteiger partial charge in [-0.25, -0.2) is 14.2 Å². The van der Waals surface area contributed by atoms with Gasteiger partial charge in [-0.15, -0.1) is 0 Å². The fraction of sp³-hybridized carbons (Fsp3) is 0.333. The number of pyridine rings is 1. The number of hydrogen-bond acceptors (Lipinski definition) is 4. The lowest BCUT2D eigenvalue weighted by Gasteiger charge is -2.05. The van der Waals surface area contributed by atoms with Crippen molar-refractivity contribution < 1.29 is 23.8 Å². The van der Waals surface area contributed by atoms with Crippen molar-refractivity contribution in [1.82, 2.24) is 4.98 Å². The molecule has 6 heteroatoms. The largest absolute Gasteiger partial charge is 0.489 e. The highest BCUT2D eigenvalue weighted by molar-refractivity contribution is 5.85. The molecule has 0 saturated heterocycles. The lowest BCUT2D eigenvalue weighted by molar-refractivity contribution is 0.0684. The molecule has 0 fully saturated rings. The van der Waals surface area contributed by atoms with Gasteiger partial charge in [0.1, 0.15) is 12.4 Å². The highest BCUT2D eigenvalue weighted by Gasteiger charge is 2.12. The highest BCUT2D eigenvalue weighted by Crippen LogP contribution is 2.13. The summed E-state index contributed by atoms with van der Waals surface area (Å²) in [7, 11) is 1.51. The maximum absolute atomic E-state index is 13.1. The average molecular weight is 215 g/mol. The highest BCUT2D eigenvalue weighted by atomic mass is 19.1. The minimum absolute atomic E-state index is 0.176. The summed E-state index contributed by atoms with van der Waals surface area (Å²) in [5, 5.41) is 8.51. The third-order valence-electron chi connectivity index (χ3n) is 1.57. The van der Waals surface area contributed by atoms with E-state index >= 15 is 0 Å². The van der Waals surface area contributed by atoms with Gasteiger partial charge >= 0.3 is 5.97 Å². The van der Waals surface area contributed by atoms with E-state index < -0.39 is 17.5 Å². The van der Waals surface area contributed by atoms with E-state index in [9.17, 15) is 9.18 Å². The van der Waals surface area contributed by atoms with Gasteiger partial charge < -0.3 is 14.6 Å². The fourth-order valence-corrected chi connectivity index (χ4v) is 0.900. The van der Waals surface area contributed by atoms with Gasteiger partial charge in [0.05, 0.1) is 12.8 Å². The second-order valence-corrected chi connectivity index (χ2v) is 2.65. The van der Waals surface area contributed by atoms with E-state index in [1.807, 2.05) is 0 Å². The van der Waals surface area contributed by atoms with Crippen molar-refractivity contribution in [3.05, 3.63) is 23.8 Å². The molecule has 1 heterocycles. The van der Waals surface area contributed by atoms with Crippen LogP contribution in [0.2, 0.25) is 0 Å². The Balaban J connectivity index is 2.69. The Morgan fingerprint density at radius 2 is 2.33 bits per heavy atom. The summed E-state index contributed by atoms with van der Waals surface area (Å²) in [6.07, 6.45) is 1.15. The predicted molar refractivity (Wildman–Crippen MR) is 48.5 cm³/mol. The maximum Gasteiger partial charge on any atom is 0.357 e. The molecule has 1 N–H and O–H groups in total. The molecule has 0 saturated carbocycles. The Kier molecular flexibility index (Phi) is 3.99. The summed E-state index contributed by atoms with van der Waals surface area (Å²) in [5.41, 5.74) is -0.617. The Morgan fingerprint density at radius 3 is 2.87 bits per heavy atom. The van der Waals surface area contributed by atoms with Crippen molar-refractivity contribution in [3.8, 4) is 5.75 Å². The van der Waals surface area contributed by atoms with Gasteiger partial charge in [0, 0.05) is 13.2 Å². The Morgan fingerprint density at radius 1 is 1.60 bits per heavy atom. The van der Waals surface area contributed by atoms with E-state index in [0.717, 1.165) is 12.3 Å². The van der Waals surface area contributed by atoms with E-state index in [1.165, 1.54) is 7.11 Å². The topological polar surface area (TPSA) is 68.7 Å². The second kappa shape index (κ2) is 5.26. The molecule has 0 aliphatic heterocycles. The third kappa shape index (κ3) is 3.17. The van der Waals surface area contributed by atoms with Crippen LogP contribution >= 0.6 is 0 Å². The molecule has 0 aliphatic rings. The van der Waals surface area contributed by atoms with Crippen LogP contribution in [0.5, 0.6) is 5.75 Å². The first kappa shape index (κ1) is 11.4. The normalized spacial score (nSPS) is 10.0. The lowest BCUT2D eigenvalue weighted by atomic mass is 10.3. The van der Waals surface area contributed by atoms with Gasteiger partial charge in [0.25, 0.3) is 0 Å². The summed E-state index contributed by atoms with van der Waals surface area (Å²) in [6.45, 7) is 0.617. The predicted octanol–water partition coefficient (Wildman–Crippen LogP) is 0.944. The molecule has 0 bridgehead atoms. The molecular weight excluding hydrogens is 205 g/mol. The SMILES string of the molecule is COCCOc1cnc(C(=O)O)c(F)c1. The molecule has 5 nitrogen and oxygen atoms in total. The number of rotatable bonds is 5. The average Bonchev–Trinajstić information content (AvgIpc) is 2.17. The van der Waals surface area contributed by atoms with Crippen LogP contribution in [0, 0.1) is 5.82 Å². The molecule has 0 aliphatic carbocycles. The van der Waals surface area contributed by atoms with Gasteiger partial charge in [-0.1, -0.05) is 0 Å². The molecule has 0 atom stereocenters. The van der Waals surface area contributed by atoms with Crippen molar-refractivity contribution in [2.24, 2.45) is 0 Å². The zero-order chi connectivity index (χ0) is 11.3. The van der Waals surface area contributed by atoms with Crippen LogP contribution in [0.1, 0.15) is 10.5 Å². The molecule has 1 aromatic heterocycles. The molecular formula is C9H10FNO4. The Labute approximate surface area is 85.5 Å². The van der Waals surface area contributed by atoms with Crippen molar-refractivity contribution >= 4 is 5.97 Å². The summed E-state index contributed by atoms with van der Waals surface area (Å²) in [4.78, 5) is 13.8. The minimum Gasteiger partial charge on any atom is -0.489 e. The molecule has 15 heavy (non-hydrogen) atoms. The van der Waals surface area contributed by atoms with E-state index in [2.05, 4.69) is 4.98 Å². The summed E-state index contributed by atoms with van der Waals surface area (Å²) in [5.74, 6) is -2.15. The number of carboxylic acid groups (broad SMARTS) is 1. The quantitative estimate of drug-likeness (QED) is 0.740. The molecule has 0 spiro atoms. The number of halogens is 1. The van der Waals surface area contributed by atoms with Gasteiger partial charge in [-0.05, 0) is 0 Å². The molecule has 1 aromatic rings. The van der Waals surface area contributed by atoms with Crippen molar-refractivity contribution in [2.75, 3.05) is 20.3 Å². The minimum atomic E-state index is -1.41. The summed E-state index contributed by atoms with van der Waals surface area (Å²) in [6, 6.07) is 0.978. The van der Waals surface area contributed by atoms with Crippen LogP contribution < -0.4 is 4.74 Å². The van der Waals surface area contributed by atoms with Crippen molar-refractivity contribution in [1.29, 1.82) is 0 Å². The van der Waals surface area contributed by atoms with E-state index in [4.69, 9.17) is 14.6 Å². The summed E-state index contributed by atoms with van der Waals surface area (Å²) < 4.78 is 22.8. The number of aromatic carboxylic acids is 1. The third-order valence-corrected chi connectivity index (χ3v) is 1.57. The molecule has 0 aromatic carbocycles. The zero-order valence-electron chi connectivity index (χ0n) is 8.07. The van der Waals surface area contributed by atoms with Crippen LogP contribution in [0.3, 0.4) is 0 Å². The second-order valence-electron chi connectivity index (χ2n) is 2.65. The molecule has 0 radical (unpaired) electrons. The van der Waals surface area contributed by atoms with E-state index in [0.29, 0.717) is 6.61 Å². The smallest absolute Gasteiger partial charge is 0.357 e. The number of aromatic nitrogens is 1. The first-order chi connectivity index (χ1) is 7.15. The number of carbonyl (C=O) groups is 1.